The molecule has 0 bridgehead atoms. The number of nitrogens with one attached hydrogen (secondary N) is 2. The number of aryl methyl sites for hydroxylation is 1. The van der Waals surface area contributed by atoms with E-state index in [9.17, 15) is 27.6 Å². The largest absolute Gasteiger partial charge is 0.382 e. The maximum atomic E-state index is 13.2. The molecule has 4 rings (SSSR count). The molecule has 316 valence electrons. The Morgan fingerprint density at radius 3 is 1.60 bits per heavy atom. The Kier molecular flexibility index (Phi) is 20.5. The van der Waals surface area contributed by atoms with Crippen LogP contribution < -0.4 is 10.6 Å². The van der Waals surface area contributed by atoms with Crippen LogP contribution in [-0.2, 0) is 61.8 Å². The van der Waals surface area contributed by atoms with Crippen molar-refractivity contribution >= 4 is 39.4 Å². The standard InChI is InChI=1S/C38H53N3O15S/c1-29-5-7-30(8-6-29)57(46,47)56-28-27-55-26-25-54-24-23-53-22-21-52-20-19-51-18-17-50-16-15-49-14-13-48-12-11-39-32-4-2-3-31-35(32)38(45)41(37(31)44)33-9-10-34(42)40-36(33)43/h2-8,33,39H,9-28H2,1H3,(H,40,42,43). The molecule has 2 aliphatic heterocycles. The molecule has 0 aliphatic carbocycles. The van der Waals surface area contributed by atoms with E-state index in [1.807, 2.05) is 6.92 Å². The molecular weight excluding hydrogens is 770 g/mol. The molecular formula is C38H53N3O15S. The number of hydrogen-bond acceptors (Lipinski definition) is 16. The summed E-state index contributed by atoms with van der Waals surface area (Å²) in [6.45, 7) is 8.20. The number of imide groups is 2. The van der Waals surface area contributed by atoms with Gasteiger partial charge in [-0.1, -0.05) is 23.8 Å². The first-order valence-corrected chi connectivity index (χ1v) is 20.3. The maximum absolute atomic E-state index is 13.2. The normalized spacial score (nSPS) is 15.7. The number of anilines is 1. The van der Waals surface area contributed by atoms with Gasteiger partial charge in [-0.2, -0.15) is 8.42 Å². The molecule has 1 atom stereocenters. The molecule has 1 unspecified atom stereocenters. The van der Waals surface area contributed by atoms with Crippen LogP contribution in [0.4, 0.5) is 5.69 Å². The smallest absolute Gasteiger partial charge is 0.297 e. The number of carbonyl (C=O) groups is 4. The van der Waals surface area contributed by atoms with E-state index in [4.69, 9.17) is 42.1 Å². The average Bonchev–Trinajstić information content (AvgIpc) is 3.45. The van der Waals surface area contributed by atoms with Gasteiger partial charge in [-0.3, -0.25) is 33.6 Å². The molecule has 2 N–H and O–H groups in total. The average molecular weight is 824 g/mol. The van der Waals surface area contributed by atoms with Gasteiger partial charge in [-0.25, -0.2) is 0 Å². The van der Waals surface area contributed by atoms with E-state index in [2.05, 4.69) is 10.6 Å². The molecule has 2 aliphatic rings. The SMILES string of the molecule is Cc1ccc(S(=O)(=O)OCCOCCOCCOCCOCCOCCOCCOCCOCCNc2cccc3c2C(=O)N(C2CCC(=O)NC2=O)C3=O)cc1. The van der Waals surface area contributed by atoms with Crippen molar-refractivity contribution in [1.82, 2.24) is 10.2 Å². The van der Waals surface area contributed by atoms with Crippen LogP contribution in [0.2, 0.25) is 0 Å². The number of hydrogen-bond donors (Lipinski definition) is 2. The number of nitrogens with zero attached hydrogens (tertiary/aromatic N) is 1. The Bertz CT molecular complexity index is 1680. The lowest BCUT2D eigenvalue weighted by molar-refractivity contribution is -0.136. The lowest BCUT2D eigenvalue weighted by atomic mass is 10.0. The van der Waals surface area contributed by atoms with Gasteiger partial charge in [-0.15, -0.1) is 0 Å². The van der Waals surface area contributed by atoms with Crippen LogP contribution in [0.3, 0.4) is 0 Å². The molecule has 2 heterocycles. The number of benzene rings is 2. The fourth-order valence-electron chi connectivity index (χ4n) is 5.54. The summed E-state index contributed by atoms with van der Waals surface area (Å²) in [6.07, 6.45) is 0.156. The van der Waals surface area contributed by atoms with Crippen molar-refractivity contribution < 1.29 is 69.7 Å². The van der Waals surface area contributed by atoms with Crippen LogP contribution in [0, 0.1) is 6.92 Å². The predicted octanol–water partition coefficient (Wildman–Crippen LogP) is 1.35. The second kappa shape index (κ2) is 25.5. The summed E-state index contributed by atoms with van der Waals surface area (Å²) in [5.41, 5.74) is 1.85. The Hall–Kier alpha value is -3.89. The molecule has 0 radical (unpaired) electrons. The van der Waals surface area contributed by atoms with Crippen molar-refractivity contribution in [3.63, 3.8) is 0 Å². The number of ether oxygens (including phenoxy) is 8. The Morgan fingerprint density at radius 2 is 1.11 bits per heavy atom. The Labute approximate surface area is 332 Å². The minimum atomic E-state index is -3.79. The van der Waals surface area contributed by atoms with E-state index >= 15 is 0 Å². The van der Waals surface area contributed by atoms with E-state index in [0.29, 0.717) is 111 Å². The summed E-state index contributed by atoms with van der Waals surface area (Å²) < 4.78 is 72.9. The highest BCUT2D eigenvalue weighted by molar-refractivity contribution is 7.86. The fraction of sp³-hybridized carbons (Fsp3) is 0.579. The van der Waals surface area contributed by atoms with Gasteiger partial charge in [0.2, 0.25) is 11.8 Å². The first-order valence-electron chi connectivity index (χ1n) is 18.9. The predicted molar refractivity (Wildman–Crippen MR) is 202 cm³/mol. The lowest BCUT2D eigenvalue weighted by Crippen LogP contribution is -2.54. The first-order chi connectivity index (χ1) is 27.7. The molecule has 2 aromatic rings. The van der Waals surface area contributed by atoms with Gasteiger partial charge in [0.05, 0.1) is 128 Å². The molecule has 0 saturated carbocycles. The fourth-order valence-corrected chi connectivity index (χ4v) is 6.43. The summed E-state index contributed by atoms with van der Waals surface area (Å²) in [6, 6.07) is 10.3. The van der Waals surface area contributed by atoms with Crippen LogP contribution >= 0.6 is 0 Å². The summed E-state index contributed by atoms with van der Waals surface area (Å²) in [4.78, 5) is 51.0. The van der Waals surface area contributed by atoms with E-state index in [-0.39, 0.29) is 42.1 Å². The van der Waals surface area contributed by atoms with Crippen molar-refractivity contribution in [2.75, 3.05) is 124 Å². The molecule has 18 nitrogen and oxygen atoms in total. The van der Waals surface area contributed by atoms with Crippen molar-refractivity contribution in [3.05, 3.63) is 59.2 Å². The summed E-state index contributed by atoms with van der Waals surface area (Å²) >= 11 is 0. The van der Waals surface area contributed by atoms with E-state index in [1.54, 1.807) is 30.3 Å². The van der Waals surface area contributed by atoms with Gasteiger partial charge < -0.3 is 43.2 Å². The highest BCUT2D eigenvalue weighted by Gasteiger charge is 2.45. The molecule has 0 aromatic heterocycles. The number of rotatable bonds is 31. The topological polar surface area (TPSA) is 213 Å². The minimum Gasteiger partial charge on any atom is -0.382 e. The molecule has 1 fully saturated rings. The zero-order valence-electron chi connectivity index (χ0n) is 32.2. The van der Waals surface area contributed by atoms with E-state index < -0.39 is 39.8 Å². The Morgan fingerprint density at radius 1 is 0.632 bits per heavy atom. The third-order valence-electron chi connectivity index (χ3n) is 8.41. The summed E-state index contributed by atoms with van der Waals surface area (Å²) in [5.74, 6) is -2.20. The highest BCUT2D eigenvalue weighted by atomic mass is 32.2. The second-order valence-electron chi connectivity index (χ2n) is 12.6. The molecule has 0 spiro atoms. The zero-order valence-corrected chi connectivity index (χ0v) is 33.1. The van der Waals surface area contributed by atoms with Gasteiger partial charge in [0.1, 0.15) is 6.04 Å². The number of fused-ring (bicyclic) bond motifs is 1. The quantitative estimate of drug-likeness (QED) is 0.0624. The monoisotopic (exact) mass is 823 g/mol. The van der Waals surface area contributed by atoms with Gasteiger partial charge in [-0.05, 0) is 37.6 Å². The van der Waals surface area contributed by atoms with Crippen LogP contribution in [0.15, 0.2) is 47.4 Å². The number of piperidine rings is 1. The third kappa shape index (κ3) is 15.8. The Balaban J connectivity index is 0.856. The van der Waals surface area contributed by atoms with Crippen molar-refractivity contribution in [2.24, 2.45) is 0 Å². The molecule has 57 heavy (non-hydrogen) atoms. The van der Waals surface area contributed by atoms with E-state index in [0.717, 1.165) is 10.5 Å². The van der Waals surface area contributed by atoms with Gasteiger partial charge in [0, 0.05) is 18.7 Å². The summed E-state index contributed by atoms with van der Waals surface area (Å²) in [5, 5.41) is 5.32. The van der Waals surface area contributed by atoms with Gasteiger partial charge in [0.15, 0.2) is 0 Å². The van der Waals surface area contributed by atoms with Gasteiger partial charge in [0.25, 0.3) is 21.9 Å². The van der Waals surface area contributed by atoms with Crippen LogP contribution in [0.1, 0.15) is 39.1 Å². The highest BCUT2D eigenvalue weighted by Crippen LogP contribution is 2.32. The van der Waals surface area contributed by atoms with Crippen molar-refractivity contribution in [2.45, 2.75) is 30.7 Å². The molecule has 19 heteroatoms. The van der Waals surface area contributed by atoms with Crippen molar-refractivity contribution in [1.29, 1.82) is 0 Å². The van der Waals surface area contributed by atoms with Crippen LogP contribution in [-0.4, -0.2) is 162 Å². The lowest BCUT2D eigenvalue weighted by Gasteiger charge is -2.27. The van der Waals surface area contributed by atoms with Gasteiger partial charge >= 0.3 is 0 Å². The summed E-state index contributed by atoms with van der Waals surface area (Å²) in [7, 11) is -3.79. The van der Waals surface area contributed by atoms with Crippen LogP contribution in [0.25, 0.3) is 0 Å². The van der Waals surface area contributed by atoms with Crippen molar-refractivity contribution in [3.8, 4) is 0 Å². The number of amides is 4. The molecule has 1 saturated heterocycles. The zero-order chi connectivity index (χ0) is 40.7. The first kappa shape index (κ1) is 45.8. The maximum Gasteiger partial charge on any atom is 0.297 e. The van der Waals surface area contributed by atoms with Crippen LogP contribution in [0.5, 0.6) is 0 Å². The van der Waals surface area contributed by atoms with E-state index in [1.165, 1.54) is 12.1 Å². The molecule has 4 amide bonds. The third-order valence-corrected chi connectivity index (χ3v) is 9.74. The molecule has 2 aromatic carbocycles. The number of carbonyl (C=O) groups excluding carboxylic acids is 4. The minimum absolute atomic E-state index is 0.0591. The second-order valence-corrected chi connectivity index (χ2v) is 14.2.